The van der Waals surface area contributed by atoms with Crippen LogP contribution in [0.15, 0.2) is 48.7 Å². The Balaban J connectivity index is 2.18. The molecular weight excluding hydrogens is 295 g/mol. The smallest absolute Gasteiger partial charge is 0.153 e. The van der Waals surface area contributed by atoms with E-state index in [0.717, 1.165) is 0 Å². The van der Waals surface area contributed by atoms with E-state index < -0.39 is 0 Å². The minimum Gasteiger partial charge on any atom is -0.455 e. The van der Waals surface area contributed by atoms with Gasteiger partial charge < -0.3 is 10.5 Å². The molecule has 0 radical (unpaired) electrons. The van der Waals surface area contributed by atoms with Gasteiger partial charge in [0.15, 0.2) is 5.75 Å². The van der Waals surface area contributed by atoms with Crippen LogP contribution in [0.4, 0.5) is 5.69 Å². The third-order valence-electron chi connectivity index (χ3n) is 2.87. The maximum atomic E-state index is 6.20. The maximum absolute atomic E-state index is 6.20. The van der Waals surface area contributed by atoms with Gasteiger partial charge in [0.05, 0.1) is 21.9 Å². The lowest BCUT2D eigenvalue weighted by Crippen LogP contribution is -1.93. The molecule has 0 amide bonds. The fraction of sp³-hybridized carbons (Fsp3) is 0. The van der Waals surface area contributed by atoms with Gasteiger partial charge in [-0.2, -0.15) is 0 Å². The minimum absolute atomic E-state index is 0.387. The van der Waals surface area contributed by atoms with Gasteiger partial charge in [0.1, 0.15) is 11.3 Å². The lowest BCUT2D eigenvalue weighted by Gasteiger charge is -2.11. The summed E-state index contributed by atoms with van der Waals surface area (Å²) in [4.78, 5) is 4.28. The van der Waals surface area contributed by atoms with Gasteiger partial charge in [0.25, 0.3) is 0 Å². The van der Waals surface area contributed by atoms with E-state index in [1.165, 1.54) is 6.20 Å². The number of hydrogen-bond donors (Lipinski definition) is 1. The van der Waals surface area contributed by atoms with E-state index in [-0.39, 0.29) is 0 Å². The number of para-hydroxylation sites is 1. The summed E-state index contributed by atoms with van der Waals surface area (Å²) in [5, 5.41) is 1.48. The molecule has 0 bridgehead atoms. The van der Waals surface area contributed by atoms with Crippen molar-refractivity contribution in [3.8, 4) is 11.5 Å². The number of nitrogens with zero attached hydrogens (tertiary/aromatic N) is 1. The summed E-state index contributed by atoms with van der Waals surface area (Å²) in [5.74, 6) is 1.29. The largest absolute Gasteiger partial charge is 0.455 e. The second kappa shape index (κ2) is 5.19. The zero-order valence-corrected chi connectivity index (χ0v) is 11.8. The number of anilines is 1. The second-order valence-corrected chi connectivity index (χ2v) is 5.00. The van der Waals surface area contributed by atoms with Crippen LogP contribution in [-0.4, -0.2) is 4.98 Å². The summed E-state index contributed by atoms with van der Waals surface area (Å²) in [6.07, 6.45) is 1.50. The van der Waals surface area contributed by atoms with Crippen LogP contribution in [0.5, 0.6) is 11.5 Å². The van der Waals surface area contributed by atoms with E-state index in [1.807, 2.05) is 30.3 Å². The number of nitrogens with two attached hydrogens (primary N) is 1. The zero-order valence-electron chi connectivity index (χ0n) is 10.3. The first kappa shape index (κ1) is 13.0. The average Bonchev–Trinajstić information content (AvgIpc) is 2.46. The lowest BCUT2D eigenvalue weighted by atomic mass is 10.2. The first-order valence-corrected chi connectivity index (χ1v) is 6.67. The molecule has 0 aliphatic rings. The van der Waals surface area contributed by atoms with E-state index in [9.17, 15) is 0 Å². The monoisotopic (exact) mass is 304 g/mol. The Kier molecular flexibility index (Phi) is 3.38. The Hall–Kier alpha value is -1.97. The number of rotatable bonds is 2. The highest BCUT2D eigenvalue weighted by Crippen LogP contribution is 2.38. The van der Waals surface area contributed by atoms with Crippen LogP contribution in [0.1, 0.15) is 0 Å². The third-order valence-corrected chi connectivity index (χ3v) is 3.59. The molecule has 2 aromatic carbocycles. The summed E-state index contributed by atoms with van der Waals surface area (Å²) in [6, 6.07) is 12.9. The van der Waals surface area contributed by atoms with Gasteiger partial charge in [-0.05, 0) is 24.3 Å². The predicted molar refractivity (Wildman–Crippen MR) is 82.7 cm³/mol. The molecule has 0 fully saturated rings. The van der Waals surface area contributed by atoms with Crippen LogP contribution < -0.4 is 10.5 Å². The molecule has 2 N–H and O–H groups in total. The predicted octanol–water partition coefficient (Wildman–Crippen LogP) is 4.92. The van der Waals surface area contributed by atoms with Crippen molar-refractivity contribution in [1.82, 2.24) is 4.98 Å². The first-order valence-electron chi connectivity index (χ1n) is 5.92. The van der Waals surface area contributed by atoms with Crippen molar-refractivity contribution < 1.29 is 4.74 Å². The molecule has 3 aromatic rings. The van der Waals surface area contributed by atoms with Gasteiger partial charge in [-0.3, -0.25) is 4.98 Å². The lowest BCUT2D eigenvalue weighted by molar-refractivity contribution is 0.487. The molecular formula is C15H10Cl2N2O. The highest BCUT2D eigenvalue weighted by Gasteiger charge is 2.13. The highest BCUT2D eigenvalue weighted by atomic mass is 35.5. The van der Waals surface area contributed by atoms with Crippen molar-refractivity contribution in [2.45, 2.75) is 0 Å². The normalized spacial score (nSPS) is 10.7. The van der Waals surface area contributed by atoms with Crippen LogP contribution in [0.3, 0.4) is 0 Å². The maximum Gasteiger partial charge on any atom is 0.153 e. The molecule has 0 atom stereocenters. The van der Waals surface area contributed by atoms with E-state index in [4.69, 9.17) is 33.7 Å². The molecule has 0 unspecified atom stereocenters. The van der Waals surface area contributed by atoms with Gasteiger partial charge >= 0.3 is 0 Å². The Morgan fingerprint density at radius 2 is 1.75 bits per heavy atom. The Labute approximate surface area is 125 Å². The van der Waals surface area contributed by atoms with Gasteiger partial charge in [-0.15, -0.1) is 0 Å². The van der Waals surface area contributed by atoms with Gasteiger partial charge in [0.2, 0.25) is 0 Å². The minimum atomic E-state index is 0.387. The van der Waals surface area contributed by atoms with Crippen LogP contribution in [0, 0.1) is 0 Å². The summed E-state index contributed by atoms with van der Waals surface area (Å²) in [5.41, 5.74) is 6.73. The topological polar surface area (TPSA) is 48.1 Å². The number of fused-ring (bicyclic) bond motifs is 1. The van der Waals surface area contributed by atoms with Gasteiger partial charge in [0, 0.05) is 5.39 Å². The molecule has 100 valence electrons. The van der Waals surface area contributed by atoms with E-state index in [1.54, 1.807) is 12.1 Å². The van der Waals surface area contributed by atoms with Crippen molar-refractivity contribution in [3.05, 3.63) is 58.7 Å². The quantitative estimate of drug-likeness (QED) is 0.731. The SMILES string of the molecule is Nc1cnc2c(Oc3ccccc3)ccc(Cl)c2c1Cl. The number of ether oxygens (including phenoxy) is 1. The fourth-order valence-electron chi connectivity index (χ4n) is 1.92. The zero-order chi connectivity index (χ0) is 14.1. The van der Waals surface area contributed by atoms with Crippen LogP contribution in [0.2, 0.25) is 10.0 Å². The number of halogens is 2. The van der Waals surface area contributed by atoms with E-state index in [2.05, 4.69) is 4.98 Å². The van der Waals surface area contributed by atoms with E-state index in [0.29, 0.717) is 38.1 Å². The summed E-state index contributed by atoms with van der Waals surface area (Å²) < 4.78 is 5.82. The highest BCUT2D eigenvalue weighted by molar-refractivity contribution is 6.43. The number of hydrogen-bond acceptors (Lipinski definition) is 3. The molecule has 3 nitrogen and oxygen atoms in total. The molecule has 0 saturated heterocycles. The summed E-state index contributed by atoms with van der Waals surface area (Å²) in [6.45, 7) is 0. The van der Waals surface area contributed by atoms with Crippen molar-refractivity contribution in [3.63, 3.8) is 0 Å². The van der Waals surface area contributed by atoms with Crippen LogP contribution >= 0.6 is 23.2 Å². The van der Waals surface area contributed by atoms with Gasteiger partial charge in [-0.25, -0.2) is 0 Å². The molecule has 0 aliphatic heterocycles. The summed E-state index contributed by atoms with van der Waals surface area (Å²) in [7, 11) is 0. The van der Waals surface area contributed by atoms with E-state index >= 15 is 0 Å². The molecule has 5 heteroatoms. The molecule has 0 aliphatic carbocycles. The van der Waals surface area contributed by atoms with Crippen molar-refractivity contribution in [2.75, 3.05) is 5.73 Å². The van der Waals surface area contributed by atoms with Crippen LogP contribution in [0.25, 0.3) is 10.9 Å². The van der Waals surface area contributed by atoms with Gasteiger partial charge in [-0.1, -0.05) is 41.4 Å². The van der Waals surface area contributed by atoms with Crippen molar-refractivity contribution in [1.29, 1.82) is 0 Å². The number of pyridine rings is 1. The van der Waals surface area contributed by atoms with Crippen LogP contribution in [-0.2, 0) is 0 Å². The average molecular weight is 305 g/mol. The fourth-order valence-corrected chi connectivity index (χ4v) is 2.45. The number of benzene rings is 2. The Morgan fingerprint density at radius 3 is 2.50 bits per heavy atom. The third kappa shape index (κ3) is 2.26. The Morgan fingerprint density at radius 1 is 1.00 bits per heavy atom. The number of aromatic nitrogens is 1. The summed E-state index contributed by atoms with van der Waals surface area (Å²) >= 11 is 12.4. The standard InChI is InChI=1S/C15H10Cl2N2O/c16-10-6-7-12(20-9-4-2-1-3-5-9)15-13(10)14(17)11(18)8-19-15/h1-8H,18H2. The Bertz CT molecular complexity index is 776. The molecule has 1 aromatic heterocycles. The van der Waals surface area contributed by atoms with Crippen molar-refractivity contribution in [2.24, 2.45) is 0 Å². The van der Waals surface area contributed by atoms with Crippen molar-refractivity contribution >= 4 is 39.8 Å². The molecule has 0 spiro atoms. The first-order chi connectivity index (χ1) is 9.66. The molecule has 0 saturated carbocycles. The molecule has 1 heterocycles. The molecule has 3 rings (SSSR count). The molecule has 20 heavy (non-hydrogen) atoms. The number of nitrogen functional groups attached to an aromatic ring is 1. The second-order valence-electron chi connectivity index (χ2n) is 4.21.